The molecule has 3 atom stereocenters. The molecule has 5 aromatic rings. The molecule has 3 unspecified atom stereocenters. The van der Waals surface area contributed by atoms with Crippen LogP contribution in [0.2, 0.25) is 0 Å². The normalized spacial score (nSPS) is 21.2. The van der Waals surface area contributed by atoms with Gasteiger partial charge in [-0.2, -0.15) is 0 Å². The van der Waals surface area contributed by atoms with Crippen molar-refractivity contribution in [2.75, 3.05) is 55.3 Å². The molecule has 0 saturated carbocycles. The zero-order valence-electron chi connectivity index (χ0n) is 33.1. The minimum atomic E-state index is -0.665. The zero-order valence-corrected chi connectivity index (χ0v) is 33.1. The van der Waals surface area contributed by atoms with E-state index >= 15 is 0 Å². The number of para-hydroxylation sites is 1. The Morgan fingerprint density at radius 2 is 1.60 bits per heavy atom. The van der Waals surface area contributed by atoms with Gasteiger partial charge in [-0.05, 0) is 113 Å². The first-order chi connectivity index (χ1) is 27.5. The Balaban J connectivity index is 0.837. The number of aromatic hydroxyl groups is 1. The Labute approximate surface area is 331 Å². The van der Waals surface area contributed by atoms with Gasteiger partial charge in [-0.25, -0.2) is 14.8 Å². The molecular weight excluding hydrogens is 723 g/mol. The fraction of sp³-hybridized carbons (Fsp3) is 0.452. The van der Waals surface area contributed by atoms with Gasteiger partial charge in [0, 0.05) is 63.6 Å². The number of likely N-dealkylation sites (tertiary alicyclic amines) is 2. The van der Waals surface area contributed by atoms with Crippen LogP contribution in [0, 0.1) is 0 Å². The number of rotatable bonds is 9. The highest BCUT2D eigenvalue weighted by atomic mass is 16.3. The Kier molecular flexibility index (Phi) is 10.4. The van der Waals surface area contributed by atoms with Crippen molar-refractivity contribution in [1.29, 1.82) is 0 Å². The zero-order chi connectivity index (χ0) is 40.0. The number of aromatic nitrogens is 6. The first-order valence-electron chi connectivity index (χ1n) is 20.0. The molecule has 3 aliphatic rings. The van der Waals surface area contributed by atoms with Crippen molar-refractivity contribution < 1.29 is 14.7 Å². The molecule has 2 amide bonds. The number of aryl methyl sites for hydroxylation is 2. The molecule has 6 heterocycles. The van der Waals surface area contributed by atoms with Gasteiger partial charge in [0.2, 0.25) is 11.9 Å². The quantitative estimate of drug-likeness (QED) is 0.206. The molecule has 3 aliphatic heterocycles. The van der Waals surface area contributed by atoms with Gasteiger partial charge in [0.25, 0.3) is 5.91 Å². The molecule has 0 radical (unpaired) electrons. The number of fused-ring (bicyclic) bond motifs is 1. The minimum absolute atomic E-state index is 0.112. The third kappa shape index (κ3) is 7.31. The van der Waals surface area contributed by atoms with E-state index in [0.29, 0.717) is 42.5 Å². The number of imidazole rings is 1. The smallest absolute Gasteiger partial charge is 0.329 e. The van der Waals surface area contributed by atoms with Gasteiger partial charge in [-0.15, -0.1) is 10.2 Å². The number of likely N-dealkylation sites (N-methyl/N-ethyl adjacent to an activating group) is 1. The van der Waals surface area contributed by atoms with E-state index in [2.05, 4.69) is 50.9 Å². The summed E-state index contributed by atoms with van der Waals surface area (Å²) in [5.74, 6) is 1.12. The molecule has 8 rings (SSSR count). The summed E-state index contributed by atoms with van der Waals surface area (Å²) < 4.78 is 3.17. The molecule has 3 saturated heterocycles. The molecule has 3 aromatic heterocycles. The first-order valence-corrected chi connectivity index (χ1v) is 20.0. The largest absolute Gasteiger partial charge is 0.507 e. The Morgan fingerprint density at radius 3 is 2.32 bits per heavy atom. The van der Waals surface area contributed by atoms with E-state index in [9.17, 15) is 19.5 Å². The number of phenolic OH excluding ortho intramolecular Hbond substituents is 1. The lowest BCUT2D eigenvalue weighted by atomic mass is 9.91. The lowest BCUT2D eigenvalue weighted by molar-refractivity contribution is -0.149. The summed E-state index contributed by atoms with van der Waals surface area (Å²) in [6.07, 6.45) is 8.61. The molecule has 0 aliphatic carbocycles. The monoisotopic (exact) mass is 773 g/mol. The highest BCUT2D eigenvalue weighted by molar-refractivity contribution is 5.99. The van der Waals surface area contributed by atoms with Crippen molar-refractivity contribution in [1.82, 2.24) is 39.1 Å². The standard InChI is InChI=1S/C42H51N11O4/c1-26-24-51(36-21-32(46-47-39(36)43)31-9-5-6-10-37(31)54)25-27(2)52(26)41-44-22-30(23-45-41)29-15-18-50(19-16-29)17-7-8-28-11-12-33-35(20-28)48(3)42(57)53(33)34-13-14-38(55)49(4)40(34)56/h5-6,9-12,20-23,26-27,29,34,54H,7-8,13-19,24-25H2,1-4H3,(H2,43,47). The molecule has 57 heavy (non-hydrogen) atoms. The van der Waals surface area contributed by atoms with Gasteiger partial charge in [-0.1, -0.05) is 18.2 Å². The highest BCUT2D eigenvalue weighted by Crippen LogP contribution is 2.34. The summed E-state index contributed by atoms with van der Waals surface area (Å²) in [5.41, 5.74) is 12.0. The van der Waals surface area contributed by atoms with Gasteiger partial charge < -0.3 is 25.5 Å². The van der Waals surface area contributed by atoms with Crippen molar-refractivity contribution >= 4 is 40.3 Å². The van der Waals surface area contributed by atoms with Gasteiger partial charge in [0.15, 0.2) is 5.82 Å². The molecular formula is C42H51N11O4. The predicted molar refractivity (Wildman–Crippen MR) is 219 cm³/mol. The number of nitrogens with two attached hydrogens (primary N) is 1. The summed E-state index contributed by atoms with van der Waals surface area (Å²) in [4.78, 5) is 56.1. The van der Waals surface area contributed by atoms with E-state index in [1.807, 2.05) is 36.7 Å². The van der Waals surface area contributed by atoms with Crippen LogP contribution in [0.5, 0.6) is 5.75 Å². The second kappa shape index (κ2) is 15.6. The summed E-state index contributed by atoms with van der Waals surface area (Å²) in [6.45, 7) is 8.79. The molecule has 15 nitrogen and oxygen atoms in total. The molecule has 0 bridgehead atoms. The average Bonchev–Trinajstić information content (AvgIpc) is 3.45. The Bertz CT molecular complexity index is 2340. The van der Waals surface area contributed by atoms with Crippen LogP contribution in [0.25, 0.3) is 22.3 Å². The van der Waals surface area contributed by atoms with Crippen molar-refractivity contribution in [3.05, 3.63) is 82.5 Å². The highest BCUT2D eigenvalue weighted by Gasteiger charge is 2.36. The van der Waals surface area contributed by atoms with E-state index in [4.69, 9.17) is 15.7 Å². The van der Waals surface area contributed by atoms with Gasteiger partial charge in [-0.3, -0.25) is 23.6 Å². The van der Waals surface area contributed by atoms with Crippen LogP contribution in [0.3, 0.4) is 0 Å². The minimum Gasteiger partial charge on any atom is -0.507 e. The van der Waals surface area contributed by atoms with Crippen LogP contribution in [0.4, 0.5) is 17.5 Å². The van der Waals surface area contributed by atoms with Crippen LogP contribution in [0.15, 0.2) is 65.7 Å². The number of anilines is 3. The van der Waals surface area contributed by atoms with E-state index in [1.54, 1.807) is 28.3 Å². The van der Waals surface area contributed by atoms with Crippen LogP contribution in [-0.4, -0.2) is 108 Å². The number of phenols is 1. The number of piperazine rings is 1. The summed E-state index contributed by atoms with van der Waals surface area (Å²) in [6, 6.07) is 14.6. The number of imide groups is 1. The first kappa shape index (κ1) is 38.1. The molecule has 3 N–H and O–H groups in total. The van der Waals surface area contributed by atoms with E-state index in [-0.39, 0.29) is 41.8 Å². The molecule has 298 valence electrons. The van der Waals surface area contributed by atoms with Crippen molar-refractivity contribution in [2.24, 2.45) is 7.05 Å². The van der Waals surface area contributed by atoms with Crippen molar-refractivity contribution in [3.63, 3.8) is 0 Å². The number of benzene rings is 2. The fourth-order valence-corrected chi connectivity index (χ4v) is 9.06. The van der Waals surface area contributed by atoms with Crippen LogP contribution in [0.1, 0.15) is 69.0 Å². The maximum atomic E-state index is 13.3. The fourth-order valence-electron chi connectivity index (χ4n) is 9.06. The number of nitrogen functional groups attached to an aromatic ring is 1. The number of nitrogens with zero attached hydrogens (tertiary/aromatic N) is 10. The van der Waals surface area contributed by atoms with Crippen molar-refractivity contribution in [2.45, 2.75) is 76.4 Å². The Hall–Kier alpha value is -5.83. The number of carbonyl (C=O) groups is 2. The Morgan fingerprint density at radius 1 is 0.877 bits per heavy atom. The van der Waals surface area contributed by atoms with Crippen LogP contribution in [-0.2, 0) is 23.1 Å². The second-order valence-corrected chi connectivity index (χ2v) is 15.9. The van der Waals surface area contributed by atoms with Crippen LogP contribution >= 0.6 is 0 Å². The van der Waals surface area contributed by atoms with Gasteiger partial charge in [0.05, 0.1) is 22.4 Å². The number of hydrogen-bond acceptors (Lipinski definition) is 12. The predicted octanol–water partition coefficient (Wildman–Crippen LogP) is 4.11. The maximum Gasteiger partial charge on any atom is 0.329 e. The second-order valence-electron chi connectivity index (χ2n) is 15.9. The lowest BCUT2D eigenvalue weighted by Gasteiger charge is -2.45. The lowest BCUT2D eigenvalue weighted by Crippen LogP contribution is -2.57. The topological polar surface area (TPSA) is 172 Å². The molecule has 3 fully saturated rings. The summed E-state index contributed by atoms with van der Waals surface area (Å²) >= 11 is 0. The van der Waals surface area contributed by atoms with E-state index < -0.39 is 6.04 Å². The van der Waals surface area contributed by atoms with E-state index in [0.717, 1.165) is 78.5 Å². The molecule has 2 aromatic carbocycles. The summed E-state index contributed by atoms with van der Waals surface area (Å²) in [5, 5.41) is 18.9. The number of carbonyl (C=O) groups excluding carboxylic acids is 2. The van der Waals surface area contributed by atoms with Crippen molar-refractivity contribution in [3.8, 4) is 17.0 Å². The number of amides is 2. The summed E-state index contributed by atoms with van der Waals surface area (Å²) in [7, 11) is 3.23. The maximum absolute atomic E-state index is 13.3. The SMILES string of the molecule is CC1CN(c2cc(-c3ccccc3O)nnc2N)CC(C)N1c1ncc(C2CCN(CCCc3ccc4c(c3)n(C)c(=O)n4C3CCC(=O)N(C)C3=O)CC2)cn1. The van der Waals surface area contributed by atoms with Crippen LogP contribution < -0.4 is 21.2 Å². The number of piperidine rings is 2. The third-order valence-corrected chi connectivity index (χ3v) is 12.2. The molecule has 0 spiro atoms. The van der Waals surface area contributed by atoms with Gasteiger partial charge >= 0.3 is 5.69 Å². The van der Waals surface area contributed by atoms with E-state index in [1.165, 1.54) is 12.6 Å². The number of hydrogen-bond donors (Lipinski definition) is 2. The average molecular weight is 774 g/mol. The third-order valence-electron chi connectivity index (χ3n) is 12.2. The van der Waals surface area contributed by atoms with Gasteiger partial charge in [0.1, 0.15) is 11.8 Å². The molecule has 15 heteroatoms.